The van der Waals surface area contributed by atoms with Gasteiger partial charge in [-0.15, -0.1) is 0 Å². The second kappa shape index (κ2) is 7.36. The molecule has 0 heterocycles. The lowest BCUT2D eigenvalue weighted by atomic mass is 10.2. The minimum absolute atomic E-state index is 0.0517. The van der Waals surface area contributed by atoms with E-state index in [0.717, 1.165) is 12.8 Å². The SMILES string of the molecule is CCC(CC)NC(=O)CNc1ccc(F)c(Br)c1. The molecule has 0 aliphatic carbocycles. The minimum Gasteiger partial charge on any atom is -0.376 e. The Morgan fingerprint density at radius 1 is 1.39 bits per heavy atom. The molecule has 0 spiro atoms. The number of carbonyl (C=O) groups excluding carboxylic acids is 1. The van der Waals surface area contributed by atoms with Crippen LogP contribution in [-0.4, -0.2) is 18.5 Å². The fourth-order valence-corrected chi connectivity index (χ4v) is 1.94. The number of hydrogen-bond acceptors (Lipinski definition) is 2. The molecule has 0 unspecified atom stereocenters. The molecule has 100 valence electrons. The molecule has 0 fully saturated rings. The number of nitrogens with one attached hydrogen (secondary N) is 2. The summed E-state index contributed by atoms with van der Waals surface area (Å²) in [5.74, 6) is -0.369. The first-order chi connectivity index (χ1) is 8.56. The maximum Gasteiger partial charge on any atom is 0.239 e. The average Bonchev–Trinajstić information content (AvgIpc) is 2.37. The van der Waals surface area contributed by atoms with Crippen LogP contribution in [0.1, 0.15) is 26.7 Å². The molecule has 0 saturated heterocycles. The summed E-state index contributed by atoms with van der Waals surface area (Å²) < 4.78 is 13.4. The van der Waals surface area contributed by atoms with Crippen LogP contribution in [-0.2, 0) is 4.79 Å². The van der Waals surface area contributed by atoms with Gasteiger partial charge in [-0.05, 0) is 47.0 Å². The molecule has 0 saturated carbocycles. The van der Waals surface area contributed by atoms with Crippen LogP contribution in [0.15, 0.2) is 22.7 Å². The van der Waals surface area contributed by atoms with Crippen molar-refractivity contribution in [2.24, 2.45) is 0 Å². The zero-order valence-corrected chi connectivity index (χ0v) is 12.2. The van der Waals surface area contributed by atoms with Crippen molar-refractivity contribution in [1.82, 2.24) is 5.32 Å². The summed E-state index contributed by atoms with van der Waals surface area (Å²) in [4.78, 5) is 11.6. The van der Waals surface area contributed by atoms with Crippen molar-refractivity contribution in [2.75, 3.05) is 11.9 Å². The van der Waals surface area contributed by atoms with E-state index in [1.807, 2.05) is 13.8 Å². The first-order valence-electron chi connectivity index (χ1n) is 6.05. The van der Waals surface area contributed by atoms with Crippen molar-refractivity contribution < 1.29 is 9.18 Å². The van der Waals surface area contributed by atoms with E-state index in [-0.39, 0.29) is 24.3 Å². The van der Waals surface area contributed by atoms with Gasteiger partial charge in [0.25, 0.3) is 0 Å². The van der Waals surface area contributed by atoms with E-state index in [9.17, 15) is 9.18 Å². The predicted molar refractivity (Wildman–Crippen MR) is 75.1 cm³/mol. The van der Waals surface area contributed by atoms with E-state index in [0.29, 0.717) is 10.2 Å². The summed E-state index contributed by atoms with van der Waals surface area (Å²) in [7, 11) is 0. The van der Waals surface area contributed by atoms with Crippen molar-refractivity contribution in [1.29, 1.82) is 0 Å². The predicted octanol–water partition coefficient (Wildman–Crippen LogP) is 3.30. The molecule has 0 aliphatic heterocycles. The van der Waals surface area contributed by atoms with Crippen molar-refractivity contribution in [2.45, 2.75) is 32.7 Å². The first kappa shape index (κ1) is 15.0. The Bertz CT molecular complexity index is 408. The Morgan fingerprint density at radius 3 is 2.61 bits per heavy atom. The third kappa shape index (κ3) is 4.64. The van der Waals surface area contributed by atoms with E-state index in [2.05, 4.69) is 26.6 Å². The topological polar surface area (TPSA) is 41.1 Å². The normalized spacial score (nSPS) is 10.5. The van der Waals surface area contributed by atoms with Gasteiger partial charge in [-0.2, -0.15) is 0 Å². The molecule has 0 bridgehead atoms. The van der Waals surface area contributed by atoms with E-state index in [4.69, 9.17) is 0 Å². The van der Waals surface area contributed by atoms with Gasteiger partial charge in [-0.25, -0.2) is 4.39 Å². The Balaban J connectivity index is 2.44. The molecule has 2 N–H and O–H groups in total. The van der Waals surface area contributed by atoms with Gasteiger partial charge in [-0.1, -0.05) is 13.8 Å². The lowest BCUT2D eigenvalue weighted by molar-refractivity contribution is -0.120. The number of anilines is 1. The summed E-state index contributed by atoms with van der Waals surface area (Å²) in [5, 5.41) is 5.88. The van der Waals surface area contributed by atoms with Crippen LogP contribution in [0.5, 0.6) is 0 Å². The van der Waals surface area contributed by atoms with E-state index >= 15 is 0 Å². The summed E-state index contributed by atoms with van der Waals surface area (Å²) in [5.41, 5.74) is 0.711. The maximum atomic E-state index is 13.0. The number of rotatable bonds is 6. The molecule has 18 heavy (non-hydrogen) atoms. The van der Waals surface area contributed by atoms with E-state index in [1.165, 1.54) is 6.07 Å². The van der Waals surface area contributed by atoms with Gasteiger partial charge < -0.3 is 10.6 Å². The summed E-state index contributed by atoms with van der Waals surface area (Å²) in [6.07, 6.45) is 1.84. The lowest BCUT2D eigenvalue weighted by Gasteiger charge is -2.15. The molecule has 1 amide bonds. The zero-order chi connectivity index (χ0) is 13.5. The van der Waals surface area contributed by atoms with Crippen molar-refractivity contribution in [3.8, 4) is 0 Å². The summed E-state index contributed by atoms with van der Waals surface area (Å²) >= 11 is 3.10. The van der Waals surface area contributed by atoms with E-state index in [1.54, 1.807) is 12.1 Å². The maximum absolute atomic E-state index is 13.0. The standard InChI is InChI=1S/C13H18BrFN2O/c1-3-9(4-2)17-13(18)8-16-10-5-6-12(15)11(14)7-10/h5-7,9,16H,3-4,8H2,1-2H3,(H,17,18). The number of hydrogen-bond donors (Lipinski definition) is 2. The molecule has 0 radical (unpaired) electrons. The summed E-state index contributed by atoms with van der Waals surface area (Å²) in [6, 6.07) is 4.79. The molecule has 0 aromatic heterocycles. The largest absolute Gasteiger partial charge is 0.376 e. The van der Waals surface area contributed by atoms with E-state index < -0.39 is 0 Å². The van der Waals surface area contributed by atoms with Crippen LogP contribution in [0.2, 0.25) is 0 Å². The highest BCUT2D eigenvalue weighted by molar-refractivity contribution is 9.10. The van der Waals surface area contributed by atoms with Gasteiger partial charge in [0.05, 0.1) is 11.0 Å². The van der Waals surface area contributed by atoms with Gasteiger partial charge in [-0.3, -0.25) is 4.79 Å². The number of carbonyl (C=O) groups is 1. The van der Waals surface area contributed by atoms with Crippen LogP contribution in [0.3, 0.4) is 0 Å². The van der Waals surface area contributed by atoms with Gasteiger partial charge in [0.2, 0.25) is 5.91 Å². The Morgan fingerprint density at radius 2 is 2.06 bits per heavy atom. The highest BCUT2D eigenvalue weighted by atomic mass is 79.9. The van der Waals surface area contributed by atoms with Gasteiger partial charge in [0.1, 0.15) is 5.82 Å². The Labute approximate surface area is 115 Å². The first-order valence-corrected chi connectivity index (χ1v) is 6.84. The third-order valence-electron chi connectivity index (χ3n) is 2.72. The monoisotopic (exact) mass is 316 g/mol. The molecule has 1 aromatic rings. The van der Waals surface area contributed by atoms with Crippen LogP contribution in [0, 0.1) is 5.82 Å². The fraction of sp³-hybridized carbons (Fsp3) is 0.462. The Kier molecular flexibility index (Phi) is 6.12. The van der Waals surface area contributed by atoms with Crippen molar-refractivity contribution in [3.05, 3.63) is 28.5 Å². The molecule has 5 heteroatoms. The van der Waals surface area contributed by atoms with Crippen LogP contribution in [0.4, 0.5) is 10.1 Å². The van der Waals surface area contributed by atoms with Crippen LogP contribution in [0.25, 0.3) is 0 Å². The third-order valence-corrected chi connectivity index (χ3v) is 3.33. The highest BCUT2D eigenvalue weighted by Crippen LogP contribution is 2.19. The van der Waals surface area contributed by atoms with Gasteiger partial charge in [0, 0.05) is 11.7 Å². The summed E-state index contributed by atoms with van der Waals surface area (Å²) in [6.45, 7) is 4.27. The average molecular weight is 317 g/mol. The van der Waals surface area contributed by atoms with Crippen LogP contribution < -0.4 is 10.6 Å². The van der Waals surface area contributed by atoms with Crippen molar-refractivity contribution >= 4 is 27.5 Å². The molecule has 1 aromatic carbocycles. The smallest absolute Gasteiger partial charge is 0.239 e. The molecule has 3 nitrogen and oxygen atoms in total. The van der Waals surface area contributed by atoms with Gasteiger partial charge in [0.15, 0.2) is 0 Å². The second-order valence-corrected chi connectivity index (χ2v) is 4.92. The van der Waals surface area contributed by atoms with Crippen molar-refractivity contribution in [3.63, 3.8) is 0 Å². The highest BCUT2D eigenvalue weighted by Gasteiger charge is 2.08. The number of benzene rings is 1. The molecular formula is C13H18BrFN2O. The Hall–Kier alpha value is -1.10. The molecule has 1 rings (SSSR count). The lowest BCUT2D eigenvalue weighted by Crippen LogP contribution is -2.37. The fourth-order valence-electron chi connectivity index (χ4n) is 1.56. The van der Waals surface area contributed by atoms with Gasteiger partial charge >= 0.3 is 0 Å². The zero-order valence-electron chi connectivity index (χ0n) is 10.6. The molecule has 0 atom stereocenters. The second-order valence-electron chi connectivity index (χ2n) is 4.06. The quantitative estimate of drug-likeness (QED) is 0.845. The number of amides is 1. The molecule has 0 aliphatic rings. The number of halogens is 2. The van der Waals surface area contributed by atoms with Crippen LogP contribution >= 0.6 is 15.9 Å². The minimum atomic E-state index is -0.318. The molecular weight excluding hydrogens is 299 g/mol.